The molecule has 0 bridgehead atoms. The van der Waals surface area contributed by atoms with Gasteiger partial charge in [-0.1, -0.05) is 6.92 Å². The smallest absolute Gasteiger partial charge is 0.245 e. The topological polar surface area (TPSA) is 52.7 Å². The molecule has 5 heteroatoms. The number of amides is 2. The maximum Gasteiger partial charge on any atom is 0.245 e. The first-order valence-electron chi connectivity index (χ1n) is 7.45. The van der Waals surface area contributed by atoms with Crippen LogP contribution in [0.2, 0.25) is 0 Å². The summed E-state index contributed by atoms with van der Waals surface area (Å²) < 4.78 is 0. The minimum Gasteiger partial charge on any atom is -0.338 e. The van der Waals surface area contributed by atoms with Crippen LogP contribution in [-0.2, 0) is 9.59 Å². The van der Waals surface area contributed by atoms with Gasteiger partial charge in [0.05, 0.1) is 0 Å². The summed E-state index contributed by atoms with van der Waals surface area (Å²) in [6, 6.07) is 0.142. The third-order valence-corrected chi connectivity index (χ3v) is 4.00. The van der Waals surface area contributed by atoms with Gasteiger partial charge >= 0.3 is 0 Å². The van der Waals surface area contributed by atoms with E-state index in [-0.39, 0.29) is 17.9 Å². The second-order valence-corrected chi connectivity index (χ2v) is 5.63. The highest BCUT2D eigenvalue weighted by Gasteiger charge is 2.36. The molecule has 2 rings (SSSR count). The zero-order valence-corrected chi connectivity index (χ0v) is 12.0. The number of hydrogen-bond acceptors (Lipinski definition) is 3. The zero-order chi connectivity index (χ0) is 13.8. The summed E-state index contributed by atoms with van der Waals surface area (Å²) >= 11 is 0. The molecule has 1 N–H and O–H groups in total. The molecule has 2 aliphatic rings. The number of carbonyl (C=O) groups is 2. The molecule has 0 spiro atoms. The third-order valence-electron chi connectivity index (χ3n) is 4.00. The number of likely N-dealkylation sites (tertiary alicyclic amines) is 1. The number of piperazine rings is 1. The minimum atomic E-state index is -0.204. The molecule has 5 nitrogen and oxygen atoms in total. The molecule has 2 atom stereocenters. The highest BCUT2D eigenvalue weighted by molar-refractivity contribution is 5.88. The first kappa shape index (κ1) is 14.3. The van der Waals surface area contributed by atoms with Crippen LogP contribution in [0.25, 0.3) is 0 Å². The van der Waals surface area contributed by atoms with Gasteiger partial charge in [0, 0.05) is 38.6 Å². The van der Waals surface area contributed by atoms with Gasteiger partial charge in [0.25, 0.3) is 0 Å². The van der Waals surface area contributed by atoms with Crippen LogP contribution in [-0.4, -0.2) is 59.9 Å². The fraction of sp³-hybridized carbons (Fsp3) is 0.857. The van der Waals surface area contributed by atoms with E-state index in [0.717, 1.165) is 45.4 Å². The zero-order valence-electron chi connectivity index (χ0n) is 12.0. The summed E-state index contributed by atoms with van der Waals surface area (Å²) in [6.45, 7) is 7.21. The van der Waals surface area contributed by atoms with Crippen LogP contribution in [0.1, 0.15) is 39.5 Å². The summed E-state index contributed by atoms with van der Waals surface area (Å²) in [4.78, 5) is 28.3. The summed E-state index contributed by atoms with van der Waals surface area (Å²) in [5, 5.41) is 3.34. The molecule has 2 saturated heterocycles. The number of carbonyl (C=O) groups excluding carboxylic acids is 2. The van der Waals surface area contributed by atoms with Crippen molar-refractivity contribution in [2.24, 2.45) is 0 Å². The molecule has 108 valence electrons. The predicted molar refractivity (Wildman–Crippen MR) is 73.7 cm³/mol. The van der Waals surface area contributed by atoms with Gasteiger partial charge in [0.2, 0.25) is 11.8 Å². The summed E-state index contributed by atoms with van der Waals surface area (Å²) in [5.74, 6) is 0.289. The van der Waals surface area contributed by atoms with Gasteiger partial charge in [-0.2, -0.15) is 0 Å². The fourth-order valence-corrected chi connectivity index (χ4v) is 3.02. The Labute approximate surface area is 115 Å². The number of hydrogen-bond donors (Lipinski definition) is 1. The van der Waals surface area contributed by atoms with Gasteiger partial charge in [0.15, 0.2) is 0 Å². The normalized spacial score (nSPS) is 27.7. The van der Waals surface area contributed by atoms with E-state index >= 15 is 0 Å². The second-order valence-electron chi connectivity index (χ2n) is 5.63. The Hall–Kier alpha value is -1.10. The SMILES string of the molecule is CCCC(=O)N1CCCC1C(=O)N1CCNC(C)C1. The monoisotopic (exact) mass is 267 g/mol. The van der Waals surface area contributed by atoms with Gasteiger partial charge in [-0.05, 0) is 26.2 Å². The van der Waals surface area contributed by atoms with E-state index < -0.39 is 0 Å². The van der Waals surface area contributed by atoms with Crippen LogP contribution >= 0.6 is 0 Å². The second kappa shape index (κ2) is 6.37. The minimum absolute atomic E-state index is 0.140. The molecule has 0 aliphatic carbocycles. The van der Waals surface area contributed by atoms with Crippen molar-refractivity contribution in [2.45, 2.75) is 51.6 Å². The Bertz CT molecular complexity index is 346. The highest BCUT2D eigenvalue weighted by atomic mass is 16.2. The van der Waals surface area contributed by atoms with Crippen molar-refractivity contribution in [3.05, 3.63) is 0 Å². The molecule has 2 amide bonds. The lowest BCUT2D eigenvalue weighted by molar-refractivity contribution is -0.144. The maximum atomic E-state index is 12.6. The lowest BCUT2D eigenvalue weighted by atomic mass is 10.1. The van der Waals surface area contributed by atoms with Crippen LogP contribution in [0.5, 0.6) is 0 Å². The number of nitrogens with one attached hydrogen (secondary N) is 1. The highest BCUT2D eigenvalue weighted by Crippen LogP contribution is 2.21. The van der Waals surface area contributed by atoms with E-state index in [9.17, 15) is 9.59 Å². The van der Waals surface area contributed by atoms with Gasteiger partial charge in [-0.3, -0.25) is 9.59 Å². The van der Waals surface area contributed by atoms with Crippen LogP contribution in [0.15, 0.2) is 0 Å². The number of rotatable bonds is 3. The summed E-state index contributed by atoms with van der Waals surface area (Å²) in [7, 11) is 0. The summed E-state index contributed by atoms with van der Waals surface area (Å²) in [5.41, 5.74) is 0. The molecular formula is C14H25N3O2. The molecule has 2 heterocycles. The van der Waals surface area contributed by atoms with Crippen molar-refractivity contribution in [3.8, 4) is 0 Å². The van der Waals surface area contributed by atoms with Crippen molar-refractivity contribution in [1.29, 1.82) is 0 Å². The molecule has 2 aliphatic heterocycles. The van der Waals surface area contributed by atoms with Gasteiger partial charge in [-0.15, -0.1) is 0 Å². The molecule has 0 aromatic carbocycles. The van der Waals surface area contributed by atoms with Crippen molar-refractivity contribution < 1.29 is 9.59 Å². The average molecular weight is 267 g/mol. The fourth-order valence-electron chi connectivity index (χ4n) is 3.02. The van der Waals surface area contributed by atoms with Crippen LogP contribution in [0.4, 0.5) is 0 Å². The average Bonchev–Trinajstić information content (AvgIpc) is 2.87. The van der Waals surface area contributed by atoms with E-state index in [1.807, 2.05) is 11.8 Å². The predicted octanol–water partition coefficient (Wildman–Crippen LogP) is 0.598. The van der Waals surface area contributed by atoms with Crippen molar-refractivity contribution in [2.75, 3.05) is 26.2 Å². The lowest BCUT2D eigenvalue weighted by Gasteiger charge is -2.35. The molecular weight excluding hydrogens is 242 g/mol. The van der Waals surface area contributed by atoms with Crippen molar-refractivity contribution in [1.82, 2.24) is 15.1 Å². The quantitative estimate of drug-likeness (QED) is 0.814. The third kappa shape index (κ3) is 3.26. The van der Waals surface area contributed by atoms with E-state index in [2.05, 4.69) is 12.2 Å². The van der Waals surface area contributed by atoms with Crippen molar-refractivity contribution in [3.63, 3.8) is 0 Å². The van der Waals surface area contributed by atoms with Crippen LogP contribution < -0.4 is 5.32 Å². The Balaban J connectivity index is 1.99. The maximum absolute atomic E-state index is 12.6. The first-order chi connectivity index (χ1) is 9.13. The number of nitrogens with zero attached hydrogens (tertiary/aromatic N) is 2. The molecule has 2 unspecified atom stereocenters. The Morgan fingerprint density at radius 3 is 2.79 bits per heavy atom. The van der Waals surface area contributed by atoms with E-state index in [1.165, 1.54) is 0 Å². The Morgan fingerprint density at radius 2 is 2.11 bits per heavy atom. The molecule has 0 saturated carbocycles. The largest absolute Gasteiger partial charge is 0.338 e. The van der Waals surface area contributed by atoms with Crippen LogP contribution in [0, 0.1) is 0 Å². The van der Waals surface area contributed by atoms with Gasteiger partial charge in [0.1, 0.15) is 6.04 Å². The molecule has 19 heavy (non-hydrogen) atoms. The van der Waals surface area contributed by atoms with E-state index in [1.54, 1.807) is 4.90 Å². The van der Waals surface area contributed by atoms with Crippen molar-refractivity contribution >= 4 is 11.8 Å². The van der Waals surface area contributed by atoms with Gasteiger partial charge < -0.3 is 15.1 Å². The van der Waals surface area contributed by atoms with Gasteiger partial charge in [-0.25, -0.2) is 0 Å². The first-order valence-corrected chi connectivity index (χ1v) is 7.45. The van der Waals surface area contributed by atoms with E-state index in [0.29, 0.717) is 12.5 Å². The summed E-state index contributed by atoms with van der Waals surface area (Å²) in [6.07, 6.45) is 3.18. The van der Waals surface area contributed by atoms with E-state index in [4.69, 9.17) is 0 Å². The van der Waals surface area contributed by atoms with Crippen LogP contribution in [0.3, 0.4) is 0 Å². The standard InChI is InChI=1S/C14H25N3O2/c1-3-5-13(18)17-8-4-6-12(17)14(19)16-9-7-15-11(2)10-16/h11-12,15H,3-10H2,1-2H3. The Morgan fingerprint density at radius 1 is 1.32 bits per heavy atom. The molecule has 2 fully saturated rings. The Kier molecular flexibility index (Phi) is 4.80. The molecule has 0 aromatic rings. The molecule has 0 radical (unpaired) electrons. The molecule has 0 aromatic heterocycles. The lowest BCUT2D eigenvalue weighted by Crippen LogP contribution is -2.56.